The molecule has 0 aliphatic rings. The molecule has 2 aromatic rings. The molecule has 0 saturated heterocycles. The van der Waals surface area contributed by atoms with Gasteiger partial charge in [-0.3, -0.25) is 0 Å². The van der Waals surface area contributed by atoms with Gasteiger partial charge >= 0.3 is 0 Å². The Kier molecular flexibility index (Phi) is 3.56. The van der Waals surface area contributed by atoms with Crippen molar-refractivity contribution in [3.8, 4) is 11.1 Å². The predicted molar refractivity (Wildman–Crippen MR) is 47.5 cm³/mol. The van der Waals surface area contributed by atoms with Crippen LogP contribution in [0.1, 0.15) is 0 Å². The minimum Gasteiger partial charge on any atom is -0.152 e. The van der Waals surface area contributed by atoms with E-state index in [-0.39, 0.29) is 26.2 Å². The van der Waals surface area contributed by atoms with Gasteiger partial charge < -0.3 is 0 Å². The van der Waals surface area contributed by atoms with Crippen LogP contribution in [0.2, 0.25) is 0 Å². The van der Waals surface area contributed by atoms with Crippen molar-refractivity contribution in [3.05, 3.63) is 54.6 Å². The minimum absolute atomic E-state index is 0. The standard InChI is InChI=1S/C11H9.Zr/c1-2-6-10(7-3-1)11-8-4-5-9-11;/h1-9H;/q-1;. The molecule has 0 saturated carbocycles. The second-order valence-electron chi connectivity index (χ2n) is 2.54. The first kappa shape index (κ1) is 9.54. The van der Waals surface area contributed by atoms with Crippen LogP contribution in [-0.4, -0.2) is 0 Å². The minimum atomic E-state index is 0. The van der Waals surface area contributed by atoms with Crippen molar-refractivity contribution in [1.82, 2.24) is 0 Å². The fourth-order valence-corrected chi connectivity index (χ4v) is 1.20. The van der Waals surface area contributed by atoms with Crippen LogP contribution in [0.3, 0.4) is 0 Å². The molecule has 0 aromatic heterocycles. The Balaban J connectivity index is 0.000000720. The van der Waals surface area contributed by atoms with E-state index in [2.05, 4.69) is 48.5 Å². The van der Waals surface area contributed by atoms with Gasteiger partial charge in [0.1, 0.15) is 0 Å². The molecule has 0 fully saturated rings. The van der Waals surface area contributed by atoms with Crippen LogP contribution in [0, 0.1) is 0 Å². The third-order valence-corrected chi connectivity index (χ3v) is 1.77. The summed E-state index contributed by atoms with van der Waals surface area (Å²) in [6.07, 6.45) is 0. The molecule has 0 atom stereocenters. The summed E-state index contributed by atoms with van der Waals surface area (Å²) in [5.74, 6) is 0. The summed E-state index contributed by atoms with van der Waals surface area (Å²) >= 11 is 0. The van der Waals surface area contributed by atoms with E-state index < -0.39 is 0 Å². The number of hydrogen-bond acceptors (Lipinski definition) is 0. The van der Waals surface area contributed by atoms with Crippen LogP contribution in [0.15, 0.2) is 54.6 Å². The van der Waals surface area contributed by atoms with Gasteiger partial charge in [0.2, 0.25) is 0 Å². The van der Waals surface area contributed by atoms with E-state index in [1.807, 2.05) is 6.07 Å². The molecule has 0 aliphatic carbocycles. The van der Waals surface area contributed by atoms with Gasteiger partial charge in [-0.25, -0.2) is 0 Å². The zero-order valence-electron chi connectivity index (χ0n) is 6.70. The van der Waals surface area contributed by atoms with Crippen LogP contribution in [0.5, 0.6) is 0 Å². The second-order valence-corrected chi connectivity index (χ2v) is 2.54. The van der Waals surface area contributed by atoms with E-state index in [9.17, 15) is 0 Å². The number of rotatable bonds is 1. The summed E-state index contributed by atoms with van der Waals surface area (Å²) in [5, 5.41) is 0. The van der Waals surface area contributed by atoms with Crippen LogP contribution in [-0.2, 0) is 26.2 Å². The SMILES string of the molecule is [Zr].c1ccc(-[c-]2cccc2)cc1. The van der Waals surface area contributed by atoms with E-state index in [4.69, 9.17) is 0 Å². The molecule has 58 valence electrons. The zero-order chi connectivity index (χ0) is 7.52. The molecule has 1 heteroatoms. The summed E-state index contributed by atoms with van der Waals surface area (Å²) < 4.78 is 0. The summed E-state index contributed by atoms with van der Waals surface area (Å²) in [4.78, 5) is 0. The van der Waals surface area contributed by atoms with Crippen molar-refractivity contribution < 1.29 is 26.2 Å². The van der Waals surface area contributed by atoms with Crippen molar-refractivity contribution in [2.75, 3.05) is 0 Å². The Bertz CT molecular complexity index is 308. The van der Waals surface area contributed by atoms with E-state index in [0.717, 1.165) is 0 Å². The summed E-state index contributed by atoms with van der Waals surface area (Å²) in [6.45, 7) is 0. The molecule has 0 radical (unpaired) electrons. The average Bonchev–Trinajstić information content (AvgIpc) is 2.58. The van der Waals surface area contributed by atoms with Crippen molar-refractivity contribution in [1.29, 1.82) is 0 Å². The molecule has 12 heavy (non-hydrogen) atoms. The maximum atomic E-state index is 2.12. The van der Waals surface area contributed by atoms with E-state index in [1.165, 1.54) is 11.1 Å². The van der Waals surface area contributed by atoms with Gasteiger partial charge in [-0.2, -0.15) is 12.1 Å². The molecule has 0 unspecified atom stereocenters. The fourth-order valence-electron chi connectivity index (χ4n) is 1.20. The van der Waals surface area contributed by atoms with Crippen LogP contribution >= 0.6 is 0 Å². The van der Waals surface area contributed by atoms with Crippen molar-refractivity contribution in [2.24, 2.45) is 0 Å². The van der Waals surface area contributed by atoms with Gasteiger partial charge in [0.15, 0.2) is 0 Å². The Hall–Kier alpha value is -0.547. The molecule has 0 aliphatic heterocycles. The third-order valence-electron chi connectivity index (χ3n) is 1.77. The summed E-state index contributed by atoms with van der Waals surface area (Å²) in [5.41, 5.74) is 2.59. The molecule has 2 aromatic carbocycles. The first-order chi connectivity index (χ1) is 5.47. The largest absolute Gasteiger partial charge is 0.152 e. The van der Waals surface area contributed by atoms with Crippen molar-refractivity contribution in [3.63, 3.8) is 0 Å². The van der Waals surface area contributed by atoms with Gasteiger partial charge in [0.05, 0.1) is 0 Å². The average molecular weight is 232 g/mol. The monoisotopic (exact) mass is 231 g/mol. The molecule has 0 heterocycles. The van der Waals surface area contributed by atoms with Gasteiger partial charge in [-0.15, -0.1) is 29.8 Å². The quantitative estimate of drug-likeness (QED) is 0.663. The molecule has 0 N–H and O–H groups in total. The van der Waals surface area contributed by atoms with E-state index >= 15 is 0 Å². The van der Waals surface area contributed by atoms with Crippen LogP contribution < -0.4 is 0 Å². The Morgan fingerprint density at radius 1 is 0.750 bits per heavy atom. The first-order valence-electron chi connectivity index (χ1n) is 3.74. The maximum Gasteiger partial charge on any atom is 0 e. The summed E-state index contributed by atoms with van der Waals surface area (Å²) in [7, 11) is 0. The molecule has 0 spiro atoms. The van der Waals surface area contributed by atoms with Gasteiger partial charge in [-0.1, -0.05) is 23.8 Å². The Morgan fingerprint density at radius 2 is 1.33 bits per heavy atom. The van der Waals surface area contributed by atoms with E-state index in [1.54, 1.807) is 0 Å². The molecular formula is C11H9Zr-. The number of benzene rings is 1. The molecule has 0 nitrogen and oxygen atoms in total. The van der Waals surface area contributed by atoms with Gasteiger partial charge in [-0.05, 0) is 0 Å². The zero-order valence-corrected chi connectivity index (χ0v) is 9.15. The Labute approximate surface area is 91.7 Å². The molecule has 2 rings (SSSR count). The third kappa shape index (κ3) is 1.98. The second kappa shape index (κ2) is 4.47. The summed E-state index contributed by atoms with van der Waals surface area (Å²) in [6, 6.07) is 18.7. The fraction of sp³-hybridized carbons (Fsp3) is 0. The van der Waals surface area contributed by atoms with E-state index in [0.29, 0.717) is 0 Å². The Morgan fingerprint density at radius 3 is 1.92 bits per heavy atom. The van der Waals surface area contributed by atoms with Gasteiger partial charge in [0.25, 0.3) is 0 Å². The normalized spacial score (nSPS) is 9.00. The predicted octanol–water partition coefficient (Wildman–Crippen LogP) is 3.07. The smallest absolute Gasteiger partial charge is 0 e. The first-order valence-corrected chi connectivity index (χ1v) is 3.74. The molecule has 0 amide bonds. The van der Waals surface area contributed by atoms with Crippen molar-refractivity contribution >= 4 is 0 Å². The topological polar surface area (TPSA) is 0 Å². The van der Waals surface area contributed by atoms with Crippen LogP contribution in [0.4, 0.5) is 0 Å². The van der Waals surface area contributed by atoms with Crippen molar-refractivity contribution in [2.45, 2.75) is 0 Å². The number of hydrogen-bond donors (Lipinski definition) is 0. The van der Waals surface area contributed by atoms with Gasteiger partial charge in [0, 0.05) is 26.2 Å². The maximum absolute atomic E-state index is 2.12. The molecular weight excluding hydrogens is 223 g/mol. The van der Waals surface area contributed by atoms with Crippen LogP contribution in [0.25, 0.3) is 11.1 Å². The molecule has 0 bridgehead atoms.